The first-order chi connectivity index (χ1) is 15.7. The van der Waals surface area contributed by atoms with E-state index >= 15 is 0 Å². The lowest BCUT2D eigenvalue weighted by molar-refractivity contribution is -0.141. The van der Waals surface area contributed by atoms with Crippen molar-refractivity contribution >= 4 is 23.3 Å². The predicted octanol–water partition coefficient (Wildman–Crippen LogP) is 2.31. The van der Waals surface area contributed by atoms with Gasteiger partial charge in [-0.15, -0.1) is 0 Å². The molecular formula is C20H19F3N8O2. The molecule has 1 saturated carbocycles. The van der Waals surface area contributed by atoms with E-state index in [9.17, 15) is 22.8 Å². The molecule has 0 radical (unpaired) electrons. The van der Waals surface area contributed by atoms with E-state index in [0.29, 0.717) is 43.1 Å². The summed E-state index contributed by atoms with van der Waals surface area (Å²) in [4.78, 5) is 39.4. The number of carbonyl (C=O) groups excluding carboxylic acids is 2. The summed E-state index contributed by atoms with van der Waals surface area (Å²) < 4.78 is 40.0. The molecule has 1 saturated heterocycles. The third kappa shape index (κ3) is 3.72. The van der Waals surface area contributed by atoms with Gasteiger partial charge in [0.15, 0.2) is 0 Å². The fourth-order valence-electron chi connectivity index (χ4n) is 4.49. The minimum Gasteiger partial charge on any atom is -0.337 e. The molecule has 1 N–H and O–H groups in total. The number of fused-ring (bicyclic) bond motifs is 1. The van der Waals surface area contributed by atoms with E-state index in [-0.39, 0.29) is 23.2 Å². The second kappa shape index (κ2) is 7.39. The van der Waals surface area contributed by atoms with E-state index in [1.165, 1.54) is 11.1 Å². The summed E-state index contributed by atoms with van der Waals surface area (Å²) >= 11 is 0. The molecule has 2 fully saturated rings. The zero-order chi connectivity index (χ0) is 23.4. The van der Waals surface area contributed by atoms with Gasteiger partial charge in [0.05, 0.1) is 23.5 Å². The molecule has 1 spiro atoms. The first-order valence-electron chi connectivity index (χ1n) is 10.1. The van der Waals surface area contributed by atoms with Crippen LogP contribution in [0, 0.1) is 5.41 Å². The first-order valence-corrected chi connectivity index (χ1v) is 10.1. The van der Waals surface area contributed by atoms with Crippen LogP contribution in [0.1, 0.15) is 28.9 Å². The van der Waals surface area contributed by atoms with Gasteiger partial charge in [0.25, 0.3) is 5.91 Å². The highest BCUT2D eigenvalue weighted by Crippen LogP contribution is 2.50. The van der Waals surface area contributed by atoms with Crippen LogP contribution >= 0.6 is 0 Å². The van der Waals surface area contributed by atoms with Crippen LogP contribution in [-0.2, 0) is 6.18 Å². The van der Waals surface area contributed by atoms with Crippen molar-refractivity contribution in [3.8, 4) is 0 Å². The Morgan fingerprint density at radius 2 is 1.97 bits per heavy atom. The quantitative estimate of drug-likeness (QED) is 0.643. The number of rotatable bonds is 3. The largest absolute Gasteiger partial charge is 0.433 e. The minimum absolute atomic E-state index is 0.0472. The molecule has 3 amide bonds. The lowest BCUT2D eigenvalue weighted by atomic mass is 9.60. The molecule has 1 aliphatic carbocycles. The zero-order valence-corrected chi connectivity index (χ0v) is 17.5. The number of anilines is 1. The standard InChI is InChI=1S/C20H19F3N8O2/c1-29(18(33)28-16-4-15(20(21,22)23)25-11-26-16)12-5-19(6-12)9-30(10-19)17(32)13-7-27-31-3-2-24-8-14(13)31/h2-4,7-8,11-12H,5-6,9-10H2,1H3,(H,25,26,28,33). The van der Waals surface area contributed by atoms with Gasteiger partial charge < -0.3 is 9.80 Å². The van der Waals surface area contributed by atoms with Gasteiger partial charge in [0, 0.05) is 50.1 Å². The molecular weight excluding hydrogens is 441 g/mol. The molecule has 0 atom stereocenters. The number of urea groups is 1. The summed E-state index contributed by atoms with van der Waals surface area (Å²) in [6.07, 6.45) is 3.93. The Labute approximate surface area is 185 Å². The topological polar surface area (TPSA) is 109 Å². The van der Waals surface area contributed by atoms with Crippen LogP contribution in [0.3, 0.4) is 0 Å². The molecule has 0 bridgehead atoms. The van der Waals surface area contributed by atoms with Crippen molar-refractivity contribution in [3.05, 3.63) is 48.4 Å². The molecule has 10 nitrogen and oxygen atoms in total. The summed E-state index contributed by atoms with van der Waals surface area (Å²) in [6, 6.07) is 0.0689. The Bertz CT molecular complexity index is 1230. The smallest absolute Gasteiger partial charge is 0.337 e. The fraction of sp³-hybridized carbons (Fsp3) is 0.400. The van der Waals surface area contributed by atoms with Crippen molar-refractivity contribution in [2.45, 2.75) is 25.1 Å². The molecule has 4 heterocycles. The van der Waals surface area contributed by atoms with E-state index in [4.69, 9.17) is 0 Å². The summed E-state index contributed by atoms with van der Waals surface area (Å²) in [5, 5.41) is 6.55. The van der Waals surface area contributed by atoms with E-state index in [1.54, 1.807) is 35.1 Å². The summed E-state index contributed by atoms with van der Waals surface area (Å²) in [5.74, 6) is -0.325. The third-order valence-corrected chi connectivity index (χ3v) is 6.29. The highest BCUT2D eigenvalue weighted by Gasteiger charge is 2.55. The Balaban J connectivity index is 1.15. The summed E-state index contributed by atoms with van der Waals surface area (Å²) in [5.41, 5.74) is -0.0357. The predicted molar refractivity (Wildman–Crippen MR) is 108 cm³/mol. The van der Waals surface area contributed by atoms with Crippen LogP contribution in [0.15, 0.2) is 37.2 Å². The molecule has 0 unspecified atom stereocenters. The molecule has 33 heavy (non-hydrogen) atoms. The number of nitrogens with zero attached hydrogens (tertiary/aromatic N) is 7. The molecule has 13 heteroatoms. The van der Waals surface area contributed by atoms with E-state index < -0.39 is 17.9 Å². The maximum absolute atomic E-state index is 12.8. The van der Waals surface area contributed by atoms with Gasteiger partial charge in [-0.2, -0.15) is 18.3 Å². The number of carbonyl (C=O) groups is 2. The third-order valence-electron chi connectivity index (χ3n) is 6.29. The molecule has 5 rings (SSSR count). The van der Waals surface area contributed by atoms with Crippen molar-refractivity contribution in [1.82, 2.24) is 34.4 Å². The van der Waals surface area contributed by atoms with Crippen LogP contribution in [0.5, 0.6) is 0 Å². The Morgan fingerprint density at radius 1 is 1.21 bits per heavy atom. The second-order valence-electron chi connectivity index (χ2n) is 8.51. The maximum Gasteiger partial charge on any atom is 0.433 e. The van der Waals surface area contributed by atoms with Gasteiger partial charge in [0.1, 0.15) is 17.8 Å². The average Bonchev–Trinajstić information content (AvgIpc) is 3.15. The number of likely N-dealkylation sites (tertiary alicyclic amines) is 1. The van der Waals surface area contributed by atoms with Crippen molar-refractivity contribution in [2.24, 2.45) is 5.41 Å². The Hall–Kier alpha value is -3.77. The molecule has 1 aliphatic heterocycles. The number of nitrogens with one attached hydrogen (secondary N) is 1. The monoisotopic (exact) mass is 460 g/mol. The number of alkyl halides is 3. The number of aromatic nitrogens is 5. The van der Waals surface area contributed by atoms with Crippen LogP contribution in [-0.4, -0.2) is 72.5 Å². The Morgan fingerprint density at radius 3 is 2.70 bits per heavy atom. The number of hydrogen-bond donors (Lipinski definition) is 1. The molecule has 3 aromatic heterocycles. The lowest BCUT2D eigenvalue weighted by Gasteiger charge is -2.60. The summed E-state index contributed by atoms with van der Waals surface area (Å²) in [6.45, 7) is 1.16. The normalized spacial score (nSPS) is 17.5. The van der Waals surface area contributed by atoms with Gasteiger partial charge in [-0.1, -0.05) is 0 Å². The van der Waals surface area contributed by atoms with Crippen molar-refractivity contribution in [2.75, 3.05) is 25.5 Å². The average molecular weight is 460 g/mol. The van der Waals surface area contributed by atoms with Crippen molar-refractivity contribution < 1.29 is 22.8 Å². The van der Waals surface area contributed by atoms with Gasteiger partial charge in [-0.3, -0.25) is 15.1 Å². The van der Waals surface area contributed by atoms with Crippen molar-refractivity contribution in [1.29, 1.82) is 0 Å². The van der Waals surface area contributed by atoms with Gasteiger partial charge in [-0.25, -0.2) is 19.3 Å². The Kier molecular flexibility index (Phi) is 4.72. The zero-order valence-electron chi connectivity index (χ0n) is 17.5. The minimum atomic E-state index is -4.62. The van der Waals surface area contributed by atoms with Gasteiger partial charge in [0.2, 0.25) is 0 Å². The molecule has 0 aromatic carbocycles. The van der Waals surface area contributed by atoms with Gasteiger partial charge in [-0.05, 0) is 12.8 Å². The van der Waals surface area contributed by atoms with Crippen LogP contribution < -0.4 is 5.32 Å². The van der Waals surface area contributed by atoms with Crippen LogP contribution in [0.25, 0.3) is 5.52 Å². The number of hydrogen-bond acceptors (Lipinski definition) is 6. The van der Waals surface area contributed by atoms with Crippen LogP contribution in [0.4, 0.5) is 23.8 Å². The highest BCUT2D eigenvalue weighted by atomic mass is 19.4. The van der Waals surface area contributed by atoms with Gasteiger partial charge >= 0.3 is 12.2 Å². The highest BCUT2D eigenvalue weighted by molar-refractivity contribution is 6.01. The first kappa shape index (κ1) is 21.1. The molecule has 3 aromatic rings. The maximum atomic E-state index is 12.8. The lowest BCUT2D eigenvalue weighted by Crippen LogP contribution is -2.67. The molecule has 2 aliphatic rings. The van der Waals surface area contributed by atoms with Crippen molar-refractivity contribution in [3.63, 3.8) is 0 Å². The second-order valence-corrected chi connectivity index (χ2v) is 8.51. The van der Waals surface area contributed by atoms with E-state index in [1.807, 2.05) is 0 Å². The van der Waals surface area contributed by atoms with E-state index in [0.717, 1.165) is 6.33 Å². The van der Waals surface area contributed by atoms with Crippen LogP contribution in [0.2, 0.25) is 0 Å². The van der Waals surface area contributed by atoms with E-state index in [2.05, 4.69) is 25.4 Å². The summed E-state index contributed by atoms with van der Waals surface area (Å²) in [7, 11) is 1.59. The molecule has 172 valence electrons. The SMILES string of the molecule is CN(C(=O)Nc1cc(C(F)(F)F)ncn1)C1CC2(C1)CN(C(=O)c1cnn3ccncc13)C2. The number of amides is 3. The fourth-order valence-corrected chi connectivity index (χ4v) is 4.49. The number of halogens is 3.